The van der Waals surface area contributed by atoms with Crippen molar-refractivity contribution in [3.63, 3.8) is 0 Å². The molecule has 1 aliphatic rings. The average molecular weight is 274 g/mol. The fourth-order valence-electron chi connectivity index (χ4n) is 2.33. The van der Waals surface area contributed by atoms with Gasteiger partial charge in [-0.3, -0.25) is 0 Å². The molecular formula is C14H18N4O2. The van der Waals surface area contributed by atoms with Gasteiger partial charge in [0.2, 0.25) is 0 Å². The maximum atomic E-state index is 5.76. The first-order valence-electron chi connectivity index (χ1n) is 6.75. The zero-order valence-corrected chi connectivity index (χ0v) is 11.7. The summed E-state index contributed by atoms with van der Waals surface area (Å²) < 4.78 is 13.2. The monoisotopic (exact) mass is 274 g/mol. The van der Waals surface area contributed by atoms with Crippen LogP contribution in [-0.4, -0.2) is 28.4 Å². The van der Waals surface area contributed by atoms with E-state index in [4.69, 9.17) is 9.47 Å². The zero-order valence-electron chi connectivity index (χ0n) is 11.7. The second kappa shape index (κ2) is 5.50. The topological polar surface area (TPSA) is 61.2 Å². The molecule has 0 saturated heterocycles. The third kappa shape index (κ3) is 2.34. The van der Waals surface area contributed by atoms with Crippen molar-refractivity contribution >= 4 is 0 Å². The van der Waals surface area contributed by atoms with E-state index in [0.717, 1.165) is 23.9 Å². The number of aromatic nitrogens is 3. The Bertz CT molecular complexity index is 597. The predicted molar refractivity (Wildman–Crippen MR) is 73.8 cm³/mol. The first-order valence-corrected chi connectivity index (χ1v) is 6.75. The van der Waals surface area contributed by atoms with Crippen LogP contribution in [-0.2, 0) is 13.2 Å². The number of benzene rings is 1. The molecule has 1 N–H and O–H groups in total. The third-order valence-electron chi connectivity index (χ3n) is 3.48. The molecule has 3 rings (SSSR count). The highest BCUT2D eigenvalue weighted by Crippen LogP contribution is 2.35. The van der Waals surface area contributed by atoms with Crippen molar-refractivity contribution in [3.05, 3.63) is 35.9 Å². The molecule has 20 heavy (non-hydrogen) atoms. The number of ether oxygens (including phenoxy) is 2. The van der Waals surface area contributed by atoms with Gasteiger partial charge in [-0.05, 0) is 26.1 Å². The second-order valence-corrected chi connectivity index (χ2v) is 4.63. The lowest BCUT2D eigenvalue weighted by Crippen LogP contribution is -2.17. The van der Waals surface area contributed by atoms with Gasteiger partial charge in [-0.15, -0.1) is 0 Å². The first-order chi connectivity index (χ1) is 9.81. The Morgan fingerprint density at radius 3 is 3.20 bits per heavy atom. The van der Waals surface area contributed by atoms with E-state index in [-0.39, 0.29) is 6.04 Å². The van der Waals surface area contributed by atoms with E-state index in [9.17, 15) is 0 Å². The van der Waals surface area contributed by atoms with Crippen molar-refractivity contribution in [1.29, 1.82) is 0 Å². The number of nitrogens with one attached hydrogen (secondary N) is 1. The summed E-state index contributed by atoms with van der Waals surface area (Å²) in [5.74, 6) is 2.49. The molecular weight excluding hydrogens is 256 g/mol. The van der Waals surface area contributed by atoms with E-state index in [2.05, 4.69) is 15.4 Å². The molecule has 1 atom stereocenters. The number of fused-ring (bicyclic) bond motifs is 1. The summed E-state index contributed by atoms with van der Waals surface area (Å²) >= 11 is 0. The summed E-state index contributed by atoms with van der Waals surface area (Å²) in [4.78, 5) is 4.19. The van der Waals surface area contributed by atoms with E-state index < -0.39 is 0 Å². The van der Waals surface area contributed by atoms with Crippen LogP contribution in [0.4, 0.5) is 0 Å². The number of hydrogen-bond acceptors (Lipinski definition) is 5. The Kier molecular flexibility index (Phi) is 3.56. The minimum atomic E-state index is 0.266. The Balaban J connectivity index is 1.70. The maximum absolute atomic E-state index is 5.76. The molecule has 0 bridgehead atoms. The molecule has 6 heteroatoms. The van der Waals surface area contributed by atoms with Crippen molar-refractivity contribution in [2.75, 3.05) is 13.7 Å². The summed E-state index contributed by atoms with van der Waals surface area (Å²) in [7, 11) is 1.94. The molecule has 0 aliphatic carbocycles. The Hall–Kier alpha value is -2.08. The average Bonchev–Trinajstić information content (AvgIpc) is 3.10. The molecule has 0 spiro atoms. The van der Waals surface area contributed by atoms with Gasteiger partial charge < -0.3 is 14.8 Å². The molecule has 1 aromatic heterocycles. The molecule has 1 aromatic carbocycles. The lowest BCUT2D eigenvalue weighted by molar-refractivity contribution is 0.283. The molecule has 2 heterocycles. The SMILES string of the molecule is CCn1ncnc1COc1ccc2c(c1)OCC2NC. The van der Waals surface area contributed by atoms with E-state index >= 15 is 0 Å². The normalized spacial score (nSPS) is 16.8. The number of nitrogens with zero attached hydrogens (tertiary/aromatic N) is 3. The molecule has 106 valence electrons. The highest BCUT2D eigenvalue weighted by Gasteiger charge is 2.22. The van der Waals surface area contributed by atoms with Gasteiger partial charge in [0.15, 0.2) is 5.82 Å². The lowest BCUT2D eigenvalue weighted by atomic mass is 10.1. The Labute approximate surface area is 117 Å². The standard InChI is InChI=1S/C14H18N4O2/c1-3-18-14(16-9-17-18)8-19-10-4-5-11-12(15-2)7-20-13(11)6-10/h4-6,9,12,15H,3,7-8H2,1-2H3. The van der Waals surface area contributed by atoms with Crippen LogP contribution < -0.4 is 14.8 Å². The van der Waals surface area contributed by atoms with E-state index in [0.29, 0.717) is 13.2 Å². The molecule has 1 unspecified atom stereocenters. The minimum Gasteiger partial charge on any atom is -0.491 e. The van der Waals surface area contributed by atoms with Gasteiger partial charge >= 0.3 is 0 Å². The number of rotatable bonds is 5. The third-order valence-corrected chi connectivity index (χ3v) is 3.48. The fourth-order valence-corrected chi connectivity index (χ4v) is 2.33. The summed E-state index contributed by atoms with van der Waals surface area (Å²) in [6.45, 7) is 3.89. The van der Waals surface area contributed by atoms with Gasteiger partial charge in [-0.2, -0.15) is 5.10 Å². The molecule has 0 saturated carbocycles. The first kappa shape index (κ1) is 12.9. The van der Waals surface area contributed by atoms with Gasteiger partial charge in [-0.1, -0.05) is 0 Å². The van der Waals surface area contributed by atoms with E-state index in [1.807, 2.05) is 36.9 Å². The molecule has 0 radical (unpaired) electrons. The molecule has 0 fully saturated rings. The number of likely N-dealkylation sites (N-methyl/N-ethyl adjacent to an activating group) is 1. The summed E-state index contributed by atoms with van der Waals surface area (Å²) in [6.07, 6.45) is 1.55. The number of hydrogen-bond donors (Lipinski definition) is 1. The highest BCUT2D eigenvalue weighted by molar-refractivity contribution is 5.44. The van der Waals surface area contributed by atoms with Crippen LogP contribution >= 0.6 is 0 Å². The van der Waals surface area contributed by atoms with Gasteiger partial charge in [-0.25, -0.2) is 9.67 Å². The summed E-state index contributed by atoms with van der Waals surface area (Å²) in [6, 6.07) is 6.20. The molecule has 0 amide bonds. The lowest BCUT2D eigenvalue weighted by Gasteiger charge is -2.09. The predicted octanol–water partition coefficient (Wildman–Crippen LogP) is 1.53. The summed E-state index contributed by atoms with van der Waals surface area (Å²) in [5.41, 5.74) is 1.18. The van der Waals surface area contributed by atoms with E-state index in [1.54, 1.807) is 6.33 Å². The van der Waals surface area contributed by atoms with Crippen molar-refractivity contribution in [2.45, 2.75) is 26.1 Å². The van der Waals surface area contributed by atoms with Crippen molar-refractivity contribution in [1.82, 2.24) is 20.1 Å². The number of aryl methyl sites for hydroxylation is 1. The van der Waals surface area contributed by atoms with Crippen LogP contribution in [0.1, 0.15) is 24.4 Å². The fraction of sp³-hybridized carbons (Fsp3) is 0.429. The van der Waals surface area contributed by atoms with Crippen molar-refractivity contribution in [3.8, 4) is 11.5 Å². The van der Waals surface area contributed by atoms with Crippen LogP contribution in [0.2, 0.25) is 0 Å². The van der Waals surface area contributed by atoms with Crippen LogP contribution in [0.3, 0.4) is 0 Å². The van der Waals surface area contributed by atoms with Gasteiger partial charge in [0.05, 0.1) is 6.04 Å². The van der Waals surface area contributed by atoms with Crippen LogP contribution in [0.25, 0.3) is 0 Å². The van der Waals surface area contributed by atoms with Crippen LogP contribution in [0.15, 0.2) is 24.5 Å². The summed E-state index contributed by atoms with van der Waals surface area (Å²) in [5, 5.41) is 7.34. The molecule has 6 nitrogen and oxygen atoms in total. The molecule has 1 aliphatic heterocycles. The maximum Gasteiger partial charge on any atom is 0.164 e. The zero-order chi connectivity index (χ0) is 13.9. The smallest absolute Gasteiger partial charge is 0.164 e. The van der Waals surface area contributed by atoms with E-state index in [1.165, 1.54) is 5.56 Å². The quantitative estimate of drug-likeness (QED) is 0.896. The van der Waals surface area contributed by atoms with Crippen molar-refractivity contribution in [2.24, 2.45) is 0 Å². The van der Waals surface area contributed by atoms with Gasteiger partial charge in [0.1, 0.15) is 31.0 Å². The van der Waals surface area contributed by atoms with Gasteiger partial charge in [0, 0.05) is 18.2 Å². The van der Waals surface area contributed by atoms with Crippen LogP contribution in [0, 0.1) is 0 Å². The Morgan fingerprint density at radius 2 is 2.40 bits per heavy atom. The highest BCUT2D eigenvalue weighted by atomic mass is 16.5. The Morgan fingerprint density at radius 1 is 1.50 bits per heavy atom. The van der Waals surface area contributed by atoms with Gasteiger partial charge in [0.25, 0.3) is 0 Å². The second-order valence-electron chi connectivity index (χ2n) is 4.63. The van der Waals surface area contributed by atoms with Crippen molar-refractivity contribution < 1.29 is 9.47 Å². The van der Waals surface area contributed by atoms with Crippen LogP contribution in [0.5, 0.6) is 11.5 Å². The largest absolute Gasteiger partial charge is 0.491 e. The minimum absolute atomic E-state index is 0.266. The molecule has 2 aromatic rings.